The SMILES string of the molecule is CNc1ncnc(NCC2CN(C)CCN2C)c1C. The zero-order valence-electron chi connectivity index (χ0n) is 12.3. The first kappa shape index (κ1) is 14.0. The molecule has 2 rings (SSSR count). The van der Waals surface area contributed by atoms with Crippen molar-refractivity contribution in [3.63, 3.8) is 0 Å². The highest BCUT2D eigenvalue weighted by Crippen LogP contribution is 2.18. The van der Waals surface area contributed by atoms with Crippen LogP contribution in [-0.4, -0.2) is 73.1 Å². The summed E-state index contributed by atoms with van der Waals surface area (Å²) < 4.78 is 0. The van der Waals surface area contributed by atoms with E-state index in [1.807, 2.05) is 14.0 Å². The highest BCUT2D eigenvalue weighted by molar-refractivity contribution is 5.56. The number of nitrogens with zero attached hydrogens (tertiary/aromatic N) is 4. The van der Waals surface area contributed by atoms with Crippen LogP contribution in [0.3, 0.4) is 0 Å². The molecular weight excluding hydrogens is 240 g/mol. The fourth-order valence-electron chi connectivity index (χ4n) is 2.42. The summed E-state index contributed by atoms with van der Waals surface area (Å²) in [5, 5.41) is 6.53. The molecule has 0 aliphatic carbocycles. The summed E-state index contributed by atoms with van der Waals surface area (Å²) in [6, 6.07) is 0.520. The third-order valence-corrected chi connectivity index (χ3v) is 3.81. The number of piperazine rings is 1. The Morgan fingerprint density at radius 3 is 2.74 bits per heavy atom. The standard InChI is InChI=1S/C13H24N6/c1-10-12(14-2)16-9-17-13(10)15-7-11-8-18(3)5-6-19(11)4/h9,11H,5-8H2,1-4H3,(H2,14,15,16,17). The molecule has 0 radical (unpaired) electrons. The van der Waals surface area contributed by atoms with Crippen molar-refractivity contribution in [3.05, 3.63) is 11.9 Å². The van der Waals surface area contributed by atoms with Crippen molar-refractivity contribution in [2.24, 2.45) is 0 Å². The molecule has 106 valence electrons. The van der Waals surface area contributed by atoms with Crippen molar-refractivity contribution >= 4 is 11.6 Å². The number of hydrogen-bond donors (Lipinski definition) is 2. The van der Waals surface area contributed by atoms with E-state index in [1.54, 1.807) is 6.33 Å². The molecule has 1 aliphatic heterocycles. The molecule has 1 saturated heterocycles. The molecule has 0 bridgehead atoms. The third-order valence-electron chi connectivity index (χ3n) is 3.81. The van der Waals surface area contributed by atoms with Gasteiger partial charge in [0.2, 0.25) is 0 Å². The molecule has 6 nitrogen and oxygen atoms in total. The maximum Gasteiger partial charge on any atom is 0.134 e. The van der Waals surface area contributed by atoms with Gasteiger partial charge in [-0.3, -0.25) is 4.90 Å². The van der Waals surface area contributed by atoms with Crippen LogP contribution in [0.4, 0.5) is 11.6 Å². The zero-order chi connectivity index (χ0) is 13.8. The first-order chi connectivity index (χ1) is 9.11. The number of hydrogen-bond acceptors (Lipinski definition) is 6. The predicted octanol–water partition coefficient (Wildman–Crippen LogP) is 0.484. The summed E-state index contributed by atoms with van der Waals surface area (Å²) >= 11 is 0. The highest BCUT2D eigenvalue weighted by Gasteiger charge is 2.22. The minimum Gasteiger partial charge on any atom is -0.373 e. The molecule has 6 heteroatoms. The summed E-state index contributed by atoms with van der Waals surface area (Å²) in [5.41, 5.74) is 1.07. The van der Waals surface area contributed by atoms with Gasteiger partial charge in [-0.05, 0) is 21.0 Å². The fraction of sp³-hybridized carbons (Fsp3) is 0.692. The second kappa shape index (κ2) is 6.16. The van der Waals surface area contributed by atoms with Crippen molar-refractivity contribution in [1.29, 1.82) is 0 Å². The molecule has 1 fully saturated rings. The van der Waals surface area contributed by atoms with E-state index in [9.17, 15) is 0 Å². The lowest BCUT2D eigenvalue weighted by molar-refractivity contribution is 0.122. The summed E-state index contributed by atoms with van der Waals surface area (Å²) in [4.78, 5) is 13.3. The van der Waals surface area contributed by atoms with Gasteiger partial charge in [0.25, 0.3) is 0 Å². The van der Waals surface area contributed by atoms with Crippen LogP contribution < -0.4 is 10.6 Å². The van der Waals surface area contributed by atoms with Crippen LogP contribution in [0, 0.1) is 6.92 Å². The van der Waals surface area contributed by atoms with Crippen molar-refractivity contribution in [2.45, 2.75) is 13.0 Å². The van der Waals surface area contributed by atoms with Gasteiger partial charge in [-0.25, -0.2) is 9.97 Å². The second-order valence-electron chi connectivity index (χ2n) is 5.22. The summed E-state index contributed by atoms with van der Waals surface area (Å²) in [7, 11) is 6.24. The Hall–Kier alpha value is -1.40. The Labute approximate surface area is 115 Å². The molecule has 0 amide bonds. The average Bonchev–Trinajstić information content (AvgIpc) is 2.41. The minimum atomic E-state index is 0.520. The predicted molar refractivity (Wildman–Crippen MR) is 78.7 cm³/mol. The van der Waals surface area contributed by atoms with E-state index in [2.05, 4.69) is 44.5 Å². The Bertz CT molecular complexity index is 422. The molecule has 0 aromatic carbocycles. The van der Waals surface area contributed by atoms with Gasteiger partial charge in [-0.2, -0.15) is 0 Å². The van der Waals surface area contributed by atoms with Gasteiger partial charge < -0.3 is 15.5 Å². The molecule has 1 unspecified atom stereocenters. The van der Waals surface area contributed by atoms with E-state index < -0.39 is 0 Å². The van der Waals surface area contributed by atoms with Crippen molar-refractivity contribution in [1.82, 2.24) is 19.8 Å². The number of rotatable bonds is 4. The first-order valence-corrected chi connectivity index (χ1v) is 6.73. The monoisotopic (exact) mass is 264 g/mol. The van der Waals surface area contributed by atoms with E-state index in [-0.39, 0.29) is 0 Å². The van der Waals surface area contributed by atoms with Crippen LogP contribution >= 0.6 is 0 Å². The van der Waals surface area contributed by atoms with Gasteiger partial charge >= 0.3 is 0 Å². The van der Waals surface area contributed by atoms with Crippen molar-refractivity contribution < 1.29 is 0 Å². The lowest BCUT2D eigenvalue weighted by Crippen LogP contribution is -2.52. The van der Waals surface area contributed by atoms with E-state index in [4.69, 9.17) is 0 Å². The van der Waals surface area contributed by atoms with Crippen LogP contribution in [0.2, 0.25) is 0 Å². The first-order valence-electron chi connectivity index (χ1n) is 6.73. The number of nitrogens with one attached hydrogen (secondary N) is 2. The number of anilines is 2. The van der Waals surface area contributed by atoms with Gasteiger partial charge in [-0.15, -0.1) is 0 Å². The smallest absolute Gasteiger partial charge is 0.134 e. The maximum atomic E-state index is 4.32. The quantitative estimate of drug-likeness (QED) is 0.825. The zero-order valence-corrected chi connectivity index (χ0v) is 12.3. The average molecular weight is 264 g/mol. The van der Waals surface area contributed by atoms with E-state index in [1.165, 1.54) is 0 Å². The Morgan fingerprint density at radius 1 is 1.26 bits per heavy atom. The second-order valence-corrected chi connectivity index (χ2v) is 5.22. The number of likely N-dealkylation sites (N-methyl/N-ethyl adjacent to an activating group) is 2. The van der Waals surface area contributed by atoms with Crippen molar-refractivity contribution in [2.75, 3.05) is 58.0 Å². The van der Waals surface area contributed by atoms with Crippen molar-refractivity contribution in [3.8, 4) is 0 Å². The summed E-state index contributed by atoms with van der Waals surface area (Å²) in [6.07, 6.45) is 1.60. The normalized spacial score (nSPS) is 21.4. The van der Waals surface area contributed by atoms with Gasteiger partial charge in [0.15, 0.2) is 0 Å². The van der Waals surface area contributed by atoms with Crippen LogP contribution in [0.5, 0.6) is 0 Å². The Balaban J connectivity index is 1.98. The lowest BCUT2D eigenvalue weighted by Gasteiger charge is -2.37. The van der Waals surface area contributed by atoms with Crippen LogP contribution in [0.1, 0.15) is 5.56 Å². The van der Waals surface area contributed by atoms with Crippen LogP contribution in [-0.2, 0) is 0 Å². The lowest BCUT2D eigenvalue weighted by atomic mass is 10.2. The number of aromatic nitrogens is 2. The fourth-order valence-corrected chi connectivity index (χ4v) is 2.42. The van der Waals surface area contributed by atoms with E-state index in [0.29, 0.717) is 6.04 Å². The molecule has 2 heterocycles. The van der Waals surface area contributed by atoms with Crippen LogP contribution in [0.15, 0.2) is 6.33 Å². The largest absolute Gasteiger partial charge is 0.373 e. The van der Waals surface area contributed by atoms with Crippen LogP contribution in [0.25, 0.3) is 0 Å². The molecule has 19 heavy (non-hydrogen) atoms. The van der Waals surface area contributed by atoms with Gasteiger partial charge in [0.1, 0.15) is 18.0 Å². The van der Waals surface area contributed by atoms with E-state index in [0.717, 1.165) is 43.4 Å². The topological polar surface area (TPSA) is 56.3 Å². The Morgan fingerprint density at radius 2 is 2.00 bits per heavy atom. The van der Waals surface area contributed by atoms with Gasteiger partial charge in [0.05, 0.1) is 0 Å². The van der Waals surface area contributed by atoms with Gasteiger partial charge in [-0.1, -0.05) is 0 Å². The third kappa shape index (κ3) is 3.33. The maximum absolute atomic E-state index is 4.32. The molecule has 1 aromatic heterocycles. The highest BCUT2D eigenvalue weighted by atomic mass is 15.3. The molecule has 1 aromatic rings. The molecule has 1 aliphatic rings. The molecular formula is C13H24N6. The molecule has 2 N–H and O–H groups in total. The Kier molecular flexibility index (Phi) is 4.55. The molecule has 0 spiro atoms. The minimum absolute atomic E-state index is 0.520. The summed E-state index contributed by atoms with van der Waals surface area (Å²) in [5.74, 6) is 1.80. The van der Waals surface area contributed by atoms with Gasteiger partial charge in [0, 0.05) is 44.8 Å². The summed E-state index contributed by atoms with van der Waals surface area (Å²) in [6.45, 7) is 6.29. The molecule has 1 atom stereocenters. The van der Waals surface area contributed by atoms with E-state index >= 15 is 0 Å². The molecule has 0 saturated carbocycles.